The highest BCUT2D eigenvalue weighted by atomic mass is 16.7. The van der Waals surface area contributed by atoms with Gasteiger partial charge in [-0.1, -0.05) is 6.92 Å². The zero-order chi connectivity index (χ0) is 14.7. The van der Waals surface area contributed by atoms with Crippen LogP contribution in [0.25, 0.3) is 0 Å². The van der Waals surface area contributed by atoms with Gasteiger partial charge >= 0.3 is 0 Å². The molecular formula is C15H23N3O3. The first kappa shape index (κ1) is 14.5. The lowest BCUT2D eigenvalue weighted by Crippen LogP contribution is -2.45. The van der Waals surface area contributed by atoms with Gasteiger partial charge < -0.3 is 18.9 Å². The quantitative estimate of drug-likeness (QED) is 0.846. The first-order valence-electron chi connectivity index (χ1n) is 7.72. The number of hydrogen-bond acceptors (Lipinski definition) is 4. The van der Waals surface area contributed by atoms with Crippen LogP contribution in [-0.2, 0) is 14.3 Å². The maximum Gasteiger partial charge on any atom is 0.227 e. The highest BCUT2D eigenvalue weighted by Crippen LogP contribution is 2.28. The van der Waals surface area contributed by atoms with E-state index in [4.69, 9.17) is 9.47 Å². The van der Waals surface area contributed by atoms with Crippen LogP contribution in [0.15, 0.2) is 18.7 Å². The molecule has 1 aromatic heterocycles. The fourth-order valence-electron chi connectivity index (χ4n) is 3.06. The van der Waals surface area contributed by atoms with Gasteiger partial charge in [-0.15, -0.1) is 0 Å². The molecule has 6 heteroatoms. The number of carbonyl (C=O) groups excluding carboxylic acids is 1. The molecule has 1 amide bonds. The Morgan fingerprint density at radius 1 is 1.38 bits per heavy atom. The number of piperidine rings is 1. The summed E-state index contributed by atoms with van der Waals surface area (Å²) in [4.78, 5) is 18.5. The lowest BCUT2D eigenvalue weighted by Gasteiger charge is -2.38. The smallest absolute Gasteiger partial charge is 0.227 e. The third-order valence-electron chi connectivity index (χ3n) is 4.42. The van der Waals surface area contributed by atoms with Crippen LogP contribution >= 0.6 is 0 Å². The molecular weight excluding hydrogens is 270 g/mol. The summed E-state index contributed by atoms with van der Waals surface area (Å²) in [6, 6.07) is 0.304. The number of imidazole rings is 1. The van der Waals surface area contributed by atoms with Crippen LogP contribution in [0.2, 0.25) is 0 Å². The summed E-state index contributed by atoms with van der Waals surface area (Å²) < 4.78 is 13.1. The van der Waals surface area contributed by atoms with E-state index in [1.54, 1.807) is 6.20 Å². The van der Waals surface area contributed by atoms with Crippen molar-refractivity contribution >= 4 is 5.91 Å². The molecule has 0 unspecified atom stereocenters. The molecule has 0 radical (unpaired) electrons. The summed E-state index contributed by atoms with van der Waals surface area (Å²) in [5, 5.41) is 0. The SMILES string of the molecule is C[C@H]1CCN(C(=O)CC2OCCCO2)C[C@H]1n1ccnc1. The molecule has 116 valence electrons. The minimum absolute atomic E-state index is 0.124. The molecule has 0 aliphatic carbocycles. The fraction of sp³-hybridized carbons (Fsp3) is 0.733. The van der Waals surface area contributed by atoms with Gasteiger partial charge in [0.2, 0.25) is 5.91 Å². The van der Waals surface area contributed by atoms with E-state index < -0.39 is 0 Å². The molecule has 0 bridgehead atoms. The van der Waals surface area contributed by atoms with Gasteiger partial charge in [-0.05, 0) is 18.8 Å². The first-order valence-corrected chi connectivity index (χ1v) is 7.72. The number of rotatable bonds is 3. The molecule has 6 nitrogen and oxygen atoms in total. The molecule has 1 aromatic rings. The standard InChI is InChI=1S/C15H23N3O3/c1-12-3-5-17(10-13(12)18-6-4-16-11-18)14(19)9-15-20-7-2-8-21-15/h4,6,11-13,15H,2-3,5,7-10H2,1H3/t12-,13+/m0/s1. The predicted octanol–water partition coefficient (Wildman–Crippen LogP) is 1.45. The minimum Gasteiger partial charge on any atom is -0.352 e. The van der Waals surface area contributed by atoms with E-state index in [9.17, 15) is 4.79 Å². The van der Waals surface area contributed by atoms with E-state index in [1.807, 2.05) is 17.4 Å². The molecule has 2 aliphatic heterocycles. The fourth-order valence-corrected chi connectivity index (χ4v) is 3.06. The molecule has 3 heterocycles. The molecule has 0 N–H and O–H groups in total. The molecule has 21 heavy (non-hydrogen) atoms. The second kappa shape index (κ2) is 6.58. The number of hydrogen-bond donors (Lipinski definition) is 0. The number of ether oxygens (including phenoxy) is 2. The monoisotopic (exact) mass is 293 g/mol. The number of aromatic nitrogens is 2. The Balaban J connectivity index is 1.59. The van der Waals surface area contributed by atoms with Crippen molar-refractivity contribution in [3.8, 4) is 0 Å². The average molecular weight is 293 g/mol. The average Bonchev–Trinajstić information content (AvgIpc) is 3.03. The Labute approximate surface area is 125 Å². The maximum atomic E-state index is 12.4. The summed E-state index contributed by atoms with van der Waals surface area (Å²) in [5.74, 6) is 0.671. The van der Waals surface area contributed by atoms with Crippen LogP contribution < -0.4 is 0 Å². The van der Waals surface area contributed by atoms with Crippen molar-refractivity contribution in [1.82, 2.24) is 14.5 Å². The van der Waals surface area contributed by atoms with E-state index in [1.165, 1.54) is 0 Å². The second-order valence-electron chi connectivity index (χ2n) is 5.91. The van der Waals surface area contributed by atoms with Gasteiger partial charge in [-0.3, -0.25) is 4.79 Å². The van der Waals surface area contributed by atoms with Crippen molar-refractivity contribution in [1.29, 1.82) is 0 Å². The summed E-state index contributed by atoms with van der Waals surface area (Å²) in [6.07, 6.45) is 7.49. The molecule has 2 aliphatic rings. The lowest BCUT2D eigenvalue weighted by molar-refractivity contribution is -0.187. The Hall–Kier alpha value is -1.40. The normalized spacial score (nSPS) is 27.8. The maximum absolute atomic E-state index is 12.4. The Morgan fingerprint density at radius 3 is 2.90 bits per heavy atom. The van der Waals surface area contributed by atoms with Gasteiger partial charge in [0.1, 0.15) is 0 Å². The van der Waals surface area contributed by atoms with Crippen LogP contribution in [-0.4, -0.2) is 53.0 Å². The molecule has 0 saturated carbocycles. The molecule has 0 aromatic carbocycles. The molecule has 2 fully saturated rings. The van der Waals surface area contributed by atoms with E-state index in [0.717, 1.165) is 25.9 Å². The second-order valence-corrected chi connectivity index (χ2v) is 5.91. The van der Waals surface area contributed by atoms with E-state index in [2.05, 4.69) is 16.5 Å². The van der Waals surface area contributed by atoms with Gasteiger partial charge in [0.05, 0.1) is 32.0 Å². The van der Waals surface area contributed by atoms with Crippen LogP contribution in [0.4, 0.5) is 0 Å². The van der Waals surface area contributed by atoms with Crippen molar-refractivity contribution in [2.45, 2.75) is 38.5 Å². The van der Waals surface area contributed by atoms with Crippen molar-refractivity contribution in [3.05, 3.63) is 18.7 Å². The summed E-state index contributed by atoms with van der Waals surface area (Å²) in [5.41, 5.74) is 0. The topological polar surface area (TPSA) is 56.6 Å². The van der Waals surface area contributed by atoms with E-state index >= 15 is 0 Å². The largest absolute Gasteiger partial charge is 0.352 e. The highest BCUT2D eigenvalue weighted by Gasteiger charge is 2.31. The van der Waals surface area contributed by atoms with Gasteiger partial charge in [-0.2, -0.15) is 0 Å². The molecule has 2 saturated heterocycles. The van der Waals surface area contributed by atoms with Crippen LogP contribution in [0.3, 0.4) is 0 Å². The number of nitrogens with zero attached hydrogens (tertiary/aromatic N) is 3. The zero-order valence-corrected chi connectivity index (χ0v) is 12.5. The van der Waals surface area contributed by atoms with E-state index in [-0.39, 0.29) is 12.2 Å². The number of likely N-dealkylation sites (tertiary alicyclic amines) is 1. The Morgan fingerprint density at radius 2 is 2.19 bits per heavy atom. The van der Waals surface area contributed by atoms with Gasteiger partial charge in [0.25, 0.3) is 0 Å². The Bertz CT molecular complexity index is 457. The third kappa shape index (κ3) is 3.44. The summed E-state index contributed by atoms with van der Waals surface area (Å²) in [6.45, 7) is 5.17. The lowest BCUT2D eigenvalue weighted by atomic mass is 9.93. The zero-order valence-electron chi connectivity index (χ0n) is 12.5. The van der Waals surface area contributed by atoms with Gasteiger partial charge in [0.15, 0.2) is 6.29 Å². The molecule has 0 spiro atoms. The van der Waals surface area contributed by atoms with Crippen LogP contribution in [0, 0.1) is 5.92 Å². The number of amides is 1. The van der Waals surface area contributed by atoms with Crippen LogP contribution in [0.1, 0.15) is 32.2 Å². The number of carbonyl (C=O) groups is 1. The van der Waals surface area contributed by atoms with Crippen molar-refractivity contribution in [3.63, 3.8) is 0 Å². The predicted molar refractivity (Wildman–Crippen MR) is 76.6 cm³/mol. The first-order chi connectivity index (χ1) is 10.2. The van der Waals surface area contributed by atoms with Crippen LogP contribution in [0.5, 0.6) is 0 Å². The van der Waals surface area contributed by atoms with E-state index in [0.29, 0.717) is 31.6 Å². The van der Waals surface area contributed by atoms with Gasteiger partial charge in [-0.25, -0.2) is 4.98 Å². The van der Waals surface area contributed by atoms with Crippen molar-refractivity contribution in [2.24, 2.45) is 5.92 Å². The third-order valence-corrected chi connectivity index (χ3v) is 4.42. The van der Waals surface area contributed by atoms with Gasteiger partial charge in [0, 0.05) is 25.5 Å². The molecule has 3 rings (SSSR count). The van der Waals surface area contributed by atoms with Crippen molar-refractivity contribution < 1.29 is 14.3 Å². The molecule has 2 atom stereocenters. The minimum atomic E-state index is -0.364. The Kier molecular flexibility index (Phi) is 4.55. The summed E-state index contributed by atoms with van der Waals surface area (Å²) >= 11 is 0. The summed E-state index contributed by atoms with van der Waals surface area (Å²) in [7, 11) is 0. The highest BCUT2D eigenvalue weighted by molar-refractivity contribution is 5.76. The van der Waals surface area contributed by atoms with Crippen molar-refractivity contribution in [2.75, 3.05) is 26.3 Å².